The molecule has 0 heterocycles. The second-order valence-electron chi connectivity index (χ2n) is 5.04. The summed E-state index contributed by atoms with van der Waals surface area (Å²) >= 11 is 0. The Balaban J connectivity index is 2.23. The second-order valence-corrected chi connectivity index (χ2v) is 5.04. The van der Waals surface area contributed by atoms with Gasteiger partial charge in [-0.1, -0.05) is 24.5 Å². The number of methoxy groups -OCH3 is 2. The van der Waals surface area contributed by atoms with Crippen LogP contribution in [0.25, 0.3) is 0 Å². The molecule has 2 rings (SSSR count). The lowest BCUT2D eigenvalue weighted by molar-refractivity contribution is 0.0976. The molecule has 2 aromatic carbocycles. The fraction of sp³-hybridized carbons (Fsp3) is 0.429. The molecule has 0 aliphatic carbocycles. The molecule has 25 heavy (non-hydrogen) atoms. The van der Waals surface area contributed by atoms with E-state index in [9.17, 15) is 5.11 Å². The van der Waals surface area contributed by atoms with Crippen molar-refractivity contribution in [2.24, 2.45) is 0 Å². The van der Waals surface area contributed by atoms with Gasteiger partial charge < -0.3 is 19.3 Å². The highest BCUT2D eigenvalue weighted by Crippen LogP contribution is 2.28. The molecule has 0 radical (unpaired) electrons. The molecular weight excluding hydrogens is 316 g/mol. The molecule has 4 heteroatoms. The maximum absolute atomic E-state index is 10.5. The van der Waals surface area contributed by atoms with E-state index < -0.39 is 80.0 Å². The van der Waals surface area contributed by atoms with Crippen LogP contribution in [0.5, 0.6) is 17.2 Å². The summed E-state index contributed by atoms with van der Waals surface area (Å²) in [5, 5.41) is 10.5. The first kappa shape index (κ1) is 8.00. The zero-order valence-electron chi connectivity index (χ0n) is 27.0. The first-order valence-corrected chi connectivity index (χ1v) is 7.55. The molecule has 1 atom stereocenters. The Morgan fingerprint density at radius 3 is 2.88 bits per heavy atom. The lowest BCUT2D eigenvalue weighted by Crippen LogP contribution is -2.17. The summed E-state index contributed by atoms with van der Waals surface area (Å²) in [7, 11) is -1.83. The van der Waals surface area contributed by atoms with Crippen LogP contribution in [0.2, 0.25) is 0 Å². The van der Waals surface area contributed by atoms with Crippen LogP contribution in [0.1, 0.15) is 48.2 Å². The monoisotopic (exact) mass is 357 g/mol. The number of benzene rings is 2. The van der Waals surface area contributed by atoms with Crippen LogP contribution in [-0.2, 0) is 6.42 Å². The molecule has 0 bridgehead atoms. The highest BCUT2D eigenvalue weighted by molar-refractivity contribution is 5.42. The topological polar surface area (TPSA) is 47.9 Å². The van der Waals surface area contributed by atoms with Gasteiger partial charge in [-0.05, 0) is 61.4 Å². The highest BCUT2D eigenvalue weighted by atomic mass is 16.5. The van der Waals surface area contributed by atoms with Crippen LogP contribution in [0, 0.1) is 6.92 Å². The average molecular weight is 358 g/mol. The lowest BCUT2D eigenvalue weighted by Gasteiger charge is -2.13. The molecule has 1 N–H and O–H groups in total. The van der Waals surface area contributed by atoms with E-state index in [0.717, 1.165) is 7.11 Å². The van der Waals surface area contributed by atoms with Gasteiger partial charge in [0, 0.05) is 2.74 Å². The standard InChI is InChI=1S/C21H28O4/c1-16-7-6-10-19(13-16)25-15-18(22)9-5-4-8-17-11-12-20(23-2)21(14-17)24-3/h6-7,10-14,18,22H,4-5,8-9,15H2,1-3H3/i3D3,6D,7D,9D2,10D,11D,12D,13D,14D,18D. The van der Waals surface area contributed by atoms with Crippen molar-refractivity contribution in [2.45, 2.75) is 38.6 Å². The third kappa shape index (κ3) is 6.31. The summed E-state index contributed by atoms with van der Waals surface area (Å²) in [6, 6.07) is -3.33. The summed E-state index contributed by atoms with van der Waals surface area (Å²) < 4.78 is 117. The number of hydrogen-bond acceptors (Lipinski definition) is 4. The van der Waals surface area contributed by atoms with Crippen molar-refractivity contribution >= 4 is 0 Å². The van der Waals surface area contributed by atoms with Gasteiger partial charge in [0.05, 0.1) is 35.3 Å². The predicted molar refractivity (Wildman–Crippen MR) is 99.8 cm³/mol. The van der Waals surface area contributed by atoms with Gasteiger partial charge in [0.1, 0.15) is 12.4 Å². The number of hydrogen-bond donors (Lipinski definition) is 1. The van der Waals surface area contributed by atoms with Crippen molar-refractivity contribution in [1.82, 2.24) is 0 Å². The maximum atomic E-state index is 10.5. The van der Waals surface area contributed by atoms with Crippen molar-refractivity contribution in [3.05, 3.63) is 53.4 Å². The Morgan fingerprint density at radius 1 is 1.20 bits per heavy atom. The van der Waals surface area contributed by atoms with Gasteiger partial charge in [0.15, 0.2) is 11.5 Å². The second kappa shape index (κ2) is 9.94. The van der Waals surface area contributed by atoms with Crippen LogP contribution in [-0.4, -0.2) is 31.9 Å². The SMILES string of the molecule is [2H]c1c([2H])c(C)c([2H])c(OCC([2H])(O)C([2H])([2H])CCCc2c([2H])c([2H])c(OC)c(OC([2H])([2H])[2H])c2[2H])c1[2H]. The first-order valence-electron chi connectivity index (χ1n) is 14.0. The summed E-state index contributed by atoms with van der Waals surface area (Å²) in [6.07, 6.45) is -6.33. The normalized spacial score (nSPS) is 21.6. The molecule has 136 valence electrons. The molecule has 0 aliphatic rings. The van der Waals surface area contributed by atoms with Crippen molar-refractivity contribution in [3.63, 3.8) is 0 Å². The zero-order chi connectivity index (χ0) is 29.4. The van der Waals surface area contributed by atoms with Crippen LogP contribution >= 0.6 is 0 Å². The average Bonchev–Trinajstić information content (AvgIpc) is 2.81. The van der Waals surface area contributed by atoms with Crippen molar-refractivity contribution in [1.29, 1.82) is 0 Å². The van der Waals surface area contributed by atoms with E-state index in [-0.39, 0.29) is 36.1 Å². The smallest absolute Gasteiger partial charge is 0.160 e. The van der Waals surface area contributed by atoms with Crippen LogP contribution in [0.4, 0.5) is 0 Å². The minimum atomic E-state index is -2.96. The summed E-state index contributed by atoms with van der Waals surface area (Å²) in [6.45, 7) is 0.371. The van der Waals surface area contributed by atoms with E-state index in [4.69, 9.17) is 32.0 Å². The molecule has 0 fully saturated rings. The summed E-state index contributed by atoms with van der Waals surface area (Å²) in [5.41, 5.74) is -0.0627. The molecule has 2 aromatic rings. The predicted octanol–water partition coefficient (Wildman–Crippen LogP) is 4.16. The summed E-state index contributed by atoms with van der Waals surface area (Å²) in [4.78, 5) is 0. The molecule has 0 aliphatic heterocycles. The minimum absolute atomic E-state index is 0.0463. The molecule has 0 spiro atoms. The Labute approximate surface area is 168 Å². The largest absolute Gasteiger partial charge is 0.493 e. The maximum Gasteiger partial charge on any atom is 0.160 e. The molecule has 1 unspecified atom stereocenters. The highest BCUT2D eigenvalue weighted by Gasteiger charge is 2.07. The van der Waals surface area contributed by atoms with Gasteiger partial charge in [-0.15, -0.1) is 0 Å². The number of ether oxygens (including phenoxy) is 3. The van der Waals surface area contributed by atoms with Crippen molar-refractivity contribution in [2.75, 3.05) is 20.8 Å². The van der Waals surface area contributed by atoms with Gasteiger partial charge in [0.2, 0.25) is 0 Å². The van der Waals surface area contributed by atoms with Gasteiger partial charge in [-0.2, -0.15) is 0 Å². The van der Waals surface area contributed by atoms with Crippen molar-refractivity contribution in [3.8, 4) is 17.2 Å². The molecule has 0 saturated carbocycles. The van der Waals surface area contributed by atoms with E-state index in [1.165, 1.54) is 6.92 Å². The molecule has 0 saturated heterocycles. The molecule has 4 nitrogen and oxygen atoms in total. The lowest BCUT2D eigenvalue weighted by atomic mass is 10.0. The van der Waals surface area contributed by atoms with E-state index in [1.54, 1.807) is 0 Å². The van der Waals surface area contributed by atoms with E-state index in [2.05, 4.69) is 0 Å². The van der Waals surface area contributed by atoms with Crippen molar-refractivity contribution < 1.29 is 37.1 Å². The minimum Gasteiger partial charge on any atom is -0.493 e. The molecule has 0 aromatic heterocycles. The Hall–Kier alpha value is -2.20. The van der Waals surface area contributed by atoms with E-state index in [1.807, 2.05) is 0 Å². The van der Waals surface area contributed by atoms with Crippen LogP contribution in [0.15, 0.2) is 42.3 Å². The van der Waals surface area contributed by atoms with Gasteiger partial charge in [-0.3, -0.25) is 0 Å². The molecule has 0 amide bonds. The number of rotatable bonds is 10. The Kier molecular flexibility index (Phi) is 3.18. The zero-order valence-corrected chi connectivity index (χ0v) is 14.0. The fourth-order valence-electron chi connectivity index (χ4n) is 1.93. The van der Waals surface area contributed by atoms with Crippen LogP contribution < -0.4 is 14.2 Å². The fourth-order valence-corrected chi connectivity index (χ4v) is 1.93. The van der Waals surface area contributed by atoms with E-state index >= 15 is 0 Å². The number of aliphatic hydroxyl groups is 1. The third-order valence-corrected chi connectivity index (χ3v) is 3.12. The third-order valence-electron chi connectivity index (χ3n) is 3.12. The Bertz CT molecular complexity index is 1170. The van der Waals surface area contributed by atoms with Gasteiger partial charge in [0.25, 0.3) is 0 Å². The quantitative estimate of drug-likeness (QED) is 0.693. The summed E-state index contributed by atoms with van der Waals surface area (Å²) in [5.74, 6) is -1.43. The first-order chi connectivity index (χ1) is 17.3. The van der Waals surface area contributed by atoms with E-state index in [0.29, 0.717) is 0 Å². The Morgan fingerprint density at radius 2 is 2.08 bits per heavy atom. The van der Waals surface area contributed by atoms with Gasteiger partial charge in [-0.25, -0.2) is 0 Å². The molecular formula is C21H28O4. The van der Waals surface area contributed by atoms with Gasteiger partial charge >= 0.3 is 0 Å². The van der Waals surface area contributed by atoms with Crippen LogP contribution in [0.3, 0.4) is 0 Å².